The maximum atomic E-state index is 11.8. The van der Waals surface area contributed by atoms with E-state index in [-0.39, 0.29) is 12.1 Å². The van der Waals surface area contributed by atoms with Gasteiger partial charge in [-0.1, -0.05) is 19.9 Å². The number of ether oxygens (including phenoxy) is 2. The Morgan fingerprint density at radius 3 is 2.60 bits per heavy atom. The van der Waals surface area contributed by atoms with Crippen molar-refractivity contribution in [2.45, 2.75) is 39.3 Å². The van der Waals surface area contributed by atoms with Crippen molar-refractivity contribution in [2.24, 2.45) is 0 Å². The van der Waals surface area contributed by atoms with Gasteiger partial charge >= 0.3 is 6.03 Å². The molecule has 20 heavy (non-hydrogen) atoms. The van der Waals surface area contributed by atoms with E-state index >= 15 is 0 Å². The lowest BCUT2D eigenvalue weighted by atomic mass is 10.2. The molecule has 2 N–H and O–H groups in total. The summed E-state index contributed by atoms with van der Waals surface area (Å²) < 4.78 is 11.0. The molecule has 0 atom stereocenters. The Morgan fingerprint density at radius 2 is 1.90 bits per heavy atom. The molecule has 1 aliphatic rings. The Labute approximate surface area is 119 Å². The summed E-state index contributed by atoms with van der Waals surface area (Å²) in [5.74, 6) is 1.51. The molecule has 2 amide bonds. The van der Waals surface area contributed by atoms with Gasteiger partial charge in [0.2, 0.25) is 0 Å². The van der Waals surface area contributed by atoms with Gasteiger partial charge in [-0.3, -0.25) is 0 Å². The number of hydrogen-bond donors (Lipinski definition) is 2. The van der Waals surface area contributed by atoms with Crippen LogP contribution in [0.5, 0.6) is 11.5 Å². The molecule has 0 unspecified atom stereocenters. The smallest absolute Gasteiger partial charge is 0.315 e. The largest absolute Gasteiger partial charge is 0.486 e. The van der Waals surface area contributed by atoms with Crippen LogP contribution in [0.25, 0.3) is 0 Å². The summed E-state index contributed by atoms with van der Waals surface area (Å²) in [6.45, 7) is 5.76. The number of benzene rings is 1. The topological polar surface area (TPSA) is 59.6 Å². The van der Waals surface area contributed by atoms with E-state index in [4.69, 9.17) is 9.47 Å². The zero-order chi connectivity index (χ0) is 14.4. The lowest BCUT2D eigenvalue weighted by molar-refractivity contribution is 0.171. The number of carbonyl (C=O) groups is 1. The van der Waals surface area contributed by atoms with Crippen LogP contribution in [0.2, 0.25) is 0 Å². The molecule has 0 bridgehead atoms. The Kier molecular flexibility index (Phi) is 5.09. The van der Waals surface area contributed by atoms with Crippen LogP contribution < -0.4 is 20.1 Å². The third-order valence-corrected chi connectivity index (χ3v) is 3.38. The summed E-state index contributed by atoms with van der Waals surface area (Å²) in [7, 11) is 0. The molecule has 1 aliphatic heterocycles. The van der Waals surface area contributed by atoms with Gasteiger partial charge < -0.3 is 20.1 Å². The van der Waals surface area contributed by atoms with E-state index in [9.17, 15) is 4.79 Å². The van der Waals surface area contributed by atoms with Gasteiger partial charge in [0.15, 0.2) is 11.5 Å². The third kappa shape index (κ3) is 3.79. The Bertz CT molecular complexity index is 458. The standard InChI is InChI=1S/C15H22N2O3/c1-3-12(4-2)17-15(18)16-10-11-5-6-13-14(9-11)20-8-7-19-13/h5-6,9,12H,3-4,7-8,10H2,1-2H3,(H2,16,17,18). The van der Waals surface area contributed by atoms with E-state index in [1.54, 1.807) is 0 Å². The highest BCUT2D eigenvalue weighted by Crippen LogP contribution is 2.30. The fraction of sp³-hybridized carbons (Fsp3) is 0.533. The van der Waals surface area contributed by atoms with E-state index in [1.807, 2.05) is 18.2 Å². The van der Waals surface area contributed by atoms with Crippen LogP contribution in [0, 0.1) is 0 Å². The maximum absolute atomic E-state index is 11.8. The molecule has 0 saturated heterocycles. The quantitative estimate of drug-likeness (QED) is 0.869. The summed E-state index contributed by atoms with van der Waals surface area (Å²) in [6, 6.07) is 5.82. The number of urea groups is 1. The third-order valence-electron chi connectivity index (χ3n) is 3.38. The highest BCUT2D eigenvalue weighted by molar-refractivity contribution is 5.74. The summed E-state index contributed by atoms with van der Waals surface area (Å²) in [5, 5.41) is 5.80. The van der Waals surface area contributed by atoms with Crippen molar-refractivity contribution in [3.05, 3.63) is 23.8 Å². The van der Waals surface area contributed by atoms with Crippen molar-refractivity contribution >= 4 is 6.03 Å². The molecule has 0 saturated carbocycles. The highest BCUT2D eigenvalue weighted by Gasteiger charge is 2.12. The minimum atomic E-state index is -0.131. The van der Waals surface area contributed by atoms with Gasteiger partial charge in [-0.2, -0.15) is 0 Å². The molecule has 0 spiro atoms. The summed E-state index contributed by atoms with van der Waals surface area (Å²) >= 11 is 0. The lowest BCUT2D eigenvalue weighted by Gasteiger charge is -2.19. The number of rotatable bonds is 5. The molecule has 5 nitrogen and oxygen atoms in total. The Hall–Kier alpha value is -1.91. The second kappa shape index (κ2) is 7.03. The number of nitrogens with one attached hydrogen (secondary N) is 2. The van der Waals surface area contributed by atoms with Crippen molar-refractivity contribution < 1.29 is 14.3 Å². The zero-order valence-electron chi connectivity index (χ0n) is 12.1. The molecule has 110 valence electrons. The predicted octanol–water partition coefficient (Wildman–Crippen LogP) is 2.45. The predicted molar refractivity (Wildman–Crippen MR) is 77.2 cm³/mol. The molecule has 0 aromatic heterocycles. The summed E-state index contributed by atoms with van der Waals surface area (Å²) in [4.78, 5) is 11.8. The number of hydrogen-bond acceptors (Lipinski definition) is 3. The van der Waals surface area contributed by atoms with Crippen molar-refractivity contribution in [1.29, 1.82) is 0 Å². The zero-order valence-corrected chi connectivity index (χ0v) is 12.1. The first-order chi connectivity index (χ1) is 9.72. The Morgan fingerprint density at radius 1 is 1.20 bits per heavy atom. The van der Waals surface area contributed by atoms with Crippen LogP contribution in [0.1, 0.15) is 32.3 Å². The van der Waals surface area contributed by atoms with E-state index in [2.05, 4.69) is 24.5 Å². The number of amides is 2. The Balaban J connectivity index is 1.86. The van der Waals surface area contributed by atoms with Crippen molar-refractivity contribution in [1.82, 2.24) is 10.6 Å². The van der Waals surface area contributed by atoms with Gasteiger partial charge in [0, 0.05) is 12.6 Å². The minimum Gasteiger partial charge on any atom is -0.486 e. The number of fused-ring (bicyclic) bond motifs is 1. The molecule has 1 aromatic carbocycles. The average Bonchev–Trinajstić information content (AvgIpc) is 2.50. The van der Waals surface area contributed by atoms with Gasteiger partial charge in [0.05, 0.1) is 0 Å². The molecular weight excluding hydrogens is 256 g/mol. The molecule has 0 radical (unpaired) electrons. The van der Waals surface area contributed by atoms with Crippen LogP contribution in [-0.4, -0.2) is 25.3 Å². The van der Waals surface area contributed by atoms with E-state index in [1.165, 1.54) is 0 Å². The van der Waals surface area contributed by atoms with Crippen LogP contribution >= 0.6 is 0 Å². The maximum Gasteiger partial charge on any atom is 0.315 e. The molecule has 5 heteroatoms. The van der Waals surface area contributed by atoms with E-state index in [0.717, 1.165) is 29.9 Å². The molecule has 1 heterocycles. The van der Waals surface area contributed by atoms with Crippen LogP contribution in [-0.2, 0) is 6.54 Å². The molecule has 0 aliphatic carbocycles. The second-order valence-corrected chi connectivity index (χ2v) is 4.82. The number of carbonyl (C=O) groups excluding carboxylic acids is 1. The van der Waals surface area contributed by atoms with Crippen molar-refractivity contribution in [3.8, 4) is 11.5 Å². The van der Waals surface area contributed by atoms with Crippen LogP contribution in [0.15, 0.2) is 18.2 Å². The van der Waals surface area contributed by atoms with Gasteiger partial charge in [-0.05, 0) is 30.5 Å². The van der Waals surface area contributed by atoms with Crippen LogP contribution in [0.3, 0.4) is 0 Å². The van der Waals surface area contributed by atoms with Gasteiger partial charge in [-0.25, -0.2) is 4.79 Å². The first-order valence-electron chi connectivity index (χ1n) is 7.15. The first kappa shape index (κ1) is 14.5. The van der Waals surface area contributed by atoms with Gasteiger partial charge in [0.1, 0.15) is 13.2 Å². The van der Waals surface area contributed by atoms with Crippen LogP contribution in [0.4, 0.5) is 4.79 Å². The van der Waals surface area contributed by atoms with Crippen molar-refractivity contribution in [2.75, 3.05) is 13.2 Å². The molecule has 1 aromatic rings. The second-order valence-electron chi connectivity index (χ2n) is 4.82. The summed E-state index contributed by atoms with van der Waals surface area (Å²) in [5.41, 5.74) is 0.994. The van der Waals surface area contributed by atoms with E-state index < -0.39 is 0 Å². The fourth-order valence-electron chi connectivity index (χ4n) is 2.11. The molecular formula is C15H22N2O3. The minimum absolute atomic E-state index is 0.131. The van der Waals surface area contributed by atoms with E-state index in [0.29, 0.717) is 19.8 Å². The van der Waals surface area contributed by atoms with Crippen molar-refractivity contribution in [3.63, 3.8) is 0 Å². The normalized spacial score (nSPS) is 13.2. The monoisotopic (exact) mass is 278 g/mol. The van der Waals surface area contributed by atoms with Gasteiger partial charge in [-0.15, -0.1) is 0 Å². The fourth-order valence-corrected chi connectivity index (χ4v) is 2.11. The summed E-state index contributed by atoms with van der Waals surface area (Å²) in [6.07, 6.45) is 1.88. The lowest BCUT2D eigenvalue weighted by Crippen LogP contribution is -2.41. The average molecular weight is 278 g/mol. The first-order valence-corrected chi connectivity index (χ1v) is 7.15. The molecule has 0 fully saturated rings. The molecule has 2 rings (SSSR count). The van der Waals surface area contributed by atoms with Gasteiger partial charge in [0.25, 0.3) is 0 Å². The highest BCUT2D eigenvalue weighted by atomic mass is 16.6. The SMILES string of the molecule is CCC(CC)NC(=O)NCc1ccc2c(c1)OCCO2.